The van der Waals surface area contributed by atoms with E-state index >= 15 is 0 Å². The van der Waals surface area contributed by atoms with Gasteiger partial charge in [0.25, 0.3) is 0 Å². The number of rotatable bonds is 4. The molecule has 0 bridgehead atoms. The number of nitrogens with two attached hydrogens (primary N) is 1. The van der Waals surface area contributed by atoms with Crippen LogP contribution in [0.25, 0.3) is 17.0 Å². The number of hydrogen-bond donors (Lipinski definition) is 2. The number of likely N-dealkylation sites (N-methyl/N-ethyl adjacent to an activating group) is 1. The van der Waals surface area contributed by atoms with Crippen LogP contribution in [-0.2, 0) is 22.6 Å². The number of carbonyl (C=O) groups is 2. The Labute approximate surface area is 174 Å². The fourth-order valence-corrected chi connectivity index (χ4v) is 3.54. The zero-order valence-corrected chi connectivity index (χ0v) is 17.0. The molecule has 2 amide bonds. The minimum absolute atomic E-state index is 0.139. The first-order chi connectivity index (χ1) is 14.4. The lowest BCUT2D eigenvalue weighted by Gasteiger charge is -2.14. The molecule has 1 atom stereocenters. The van der Waals surface area contributed by atoms with Gasteiger partial charge >= 0.3 is 0 Å². The number of anilines is 1. The van der Waals surface area contributed by atoms with Crippen molar-refractivity contribution in [3.05, 3.63) is 65.1 Å². The van der Waals surface area contributed by atoms with Crippen molar-refractivity contribution in [2.24, 2.45) is 5.73 Å². The van der Waals surface area contributed by atoms with E-state index in [1.807, 2.05) is 37.3 Å². The van der Waals surface area contributed by atoms with E-state index in [4.69, 9.17) is 10.2 Å². The molecular formula is C23H24N4O3. The summed E-state index contributed by atoms with van der Waals surface area (Å²) in [6, 6.07) is 9.23. The lowest BCUT2D eigenvalue weighted by Crippen LogP contribution is -2.34. The van der Waals surface area contributed by atoms with Gasteiger partial charge in [-0.2, -0.15) is 0 Å². The van der Waals surface area contributed by atoms with E-state index in [2.05, 4.69) is 10.3 Å². The highest BCUT2D eigenvalue weighted by Crippen LogP contribution is 2.26. The lowest BCUT2D eigenvalue weighted by molar-refractivity contribution is -0.125. The molecule has 1 aliphatic heterocycles. The van der Waals surface area contributed by atoms with Crippen LogP contribution >= 0.6 is 0 Å². The van der Waals surface area contributed by atoms with Gasteiger partial charge in [-0.05, 0) is 49.1 Å². The predicted molar refractivity (Wildman–Crippen MR) is 116 cm³/mol. The maximum atomic E-state index is 12.6. The van der Waals surface area contributed by atoms with Crippen LogP contribution < -0.4 is 11.1 Å². The predicted octanol–water partition coefficient (Wildman–Crippen LogP) is 3.02. The van der Waals surface area contributed by atoms with Crippen LogP contribution in [-0.4, -0.2) is 34.8 Å². The van der Waals surface area contributed by atoms with E-state index in [1.54, 1.807) is 24.2 Å². The average Bonchev–Trinajstić information content (AvgIpc) is 2.98. The summed E-state index contributed by atoms with van der Waals surface area (Å²) in [6.07, 6.45) is 6.09. The second-order valence-electron chi connectivity index (χ2n) is 7.58. The third-order valence-corrected chi connectivity index (χ3v) is 5.41. The summed E-state index contributed by atoms with van der Waals surface area (Å²) < 4.78 is 5.90. The Hall–Kier alpha value is -3.45. The van der Waals surface area contributed by atoms with Gasteiger partial charge in [-0.3, -0.25) is 9.59 Å². The summed E-state index contributed by atoms with van der Waals surface area (Å²) in [5.41, 5.74) is 9.39. The molecule has 0 radical (unpaired) electrons. The SMILES string of the molecule is Cc1c(CN(C)C(=O)/C=C/c2cnc3c(c2)CC[C@H](N)C(=O)N3)oc2ccccc12. The fraction of sp³-hybridized carbons (Fsp3) is 0.261. The van der Waals surface area contributed by atoms with E-state index in [0.717, 1.165) is 33.4 Å². The monoisotopic (exact) mass is 404 g/mol. The molecule has 7 heteroatoms. The normalized spacial score (nSPS) is 16.4. The number of para-hydroxylation sites is 1. The number of aryl methyl sites for hydroxylation is 2. The van der Waals surface area contributed by atoms with E-state index in [1.165, 1.54) is 6.08 Å². The molecule has 0 saturated carbocycles. The molecule has 7 nitrogen and oxygen atoms in total. The Bertz CT molecular complexity index is 1150. The lowest BCUT2D eigenvalue weighted by atomic mass is 10.1. The van der Waals surface area contributed by atoms with Crippen LogP contribution in [0.1, 0.15) is 28.9 Å². The summed E-state index contributed by atoms with van der Waals surface area (Å²) >= 11 is 0. The number of nitrogens with one attached hydrogen (secondary N) is 1. The van der Waals surface area contributed by atoms with Gasteiger partial charge in [0.15, 0.2) is 0 Å². The second kappa shape index (κ2) is 8.12. The Kier molecular flexibility index (Phi) is 5.37. The van der Waals surface area contributed by atoms with Crippen molar-refractivity contribution in [2.45, 2.75) is 32.4 Å². The highest BCUT2D eigenvalue weighted by Gasteiger charge is 2.21. The summed E-state index contributed by atoms with van der Waals surface area (Å²) in [6.45, 7) is 2.39. The molecule has 30 heavy (non-hydrogen) atoms. The highest BCUT2D eigenvalue weighted by molar-refractivity contribution is 5.95. The van der Waals surface area contributed by atoms with Crippen molar-refractivity contribution in [2.75, 3.05) is 12.4 Å². The van der Waals surface area contributed by atoms with Gasteiger partial charge in [0.05, 0.1) is 12.6 Å². The van der Waals surface area contributed by atoms with Crippen molar-refractivity contribution in [3.63, 3.8) is 0 Å². The van der Waals surface area contributed by atoms with Crippen LogP contribution in [0, 0.1) is 6.92 Å². The summed E-state index contributed by atoms with van der Waals surface area (Å²) in [7, 11) is 1.74. The number of carbonyl (C=O) groups excluding carboxylic acids is 2. The topological polar surface area (TPSA) is 101 Å². The molecule has 0 fully saturated rings. The van der Waals surface area contributed by atoms with Crippen molar-refractivity contribution in [1.29, 1.82) is 0 Å². The van der Waals surface area contributed by atoms with E-state index in [9.17, 15) is 9.59 Å². The van der Waals surface area contributed by atoms with Crippen molar-refractivity contribution in [3.8, 4) is 0 Å². The number of aromatic nitrogens is 1. The molecular weight excluding hydrogens is 380 g/mol. The van der Waals surface area contributed by atoms with Crippen molar-refractivity contribution >= 4 is 34.7 Å². The Morgan fingerprint density at radius 3 is 3.00 bits per heavy atom. The number of nitrogens with zero attached hydrogens (tertiary/aromatic N) is 2. The molecule has 4 rings (SSSR count). The van der Waals surface area contributed by atoms with Gasteiger partial charge in [-0.25, -0.2) is 4.98 Å². The summed E-state index contributed by atoms with van der Waals surface area (Å²) in [5.74, 6) is 0.954. The molecule has 0 aliphatic carbocycles. The molecule has 0 unspecified atom stereocenters. The standard InChI is InChI=1S/C23H24N4O3/c1-14-17-5-3-4-6-19(17)30-20(14)13-27(2)21(28)10-7-15-11-16-8-9-18(24)23(29)26-22(16)25-12-15/h3-7,10-12,18H,8-9,13,24H2,1-2H3,(H,25,26,29)/b10-7+/t18-/m0/s1. The third-order valence-electron chi connectivity index (χ3n) is 5.41. The van der Waals surface area contributed by atoms with E-state index < -0.39 is 6.04 Å². The van der Waals surface area contributed by atoms with Crippen molar-refractivity contribution < 1.29 is 14.0 Å². The van der Waals surface area contributed by atoms with Crippen LogP contribution in [0.4, 0.5) is 5.82 Å². The maximum absolute atomic E-state index is 12.6. The van der Waals surface area contributed by atoms with Gasteiger partial charge < -0.3 is 20.4 Å². The fourth-order valence-electron chi connectivity index (χ4n) is 3.54. The molecule has 3 heterocycles. The van der Waals surface area contributed by atoms with Gasteiger partial charge in [-0.1, -0.05) is 18.2 Å². The first-order valence-corrected chi connectivity index (χ1v) is 9.88. The number of amides is 2. The van der Waals surface area contributed by atoms with E-state index in [0.29, 0.717) is 25.2 Å². The molecule has 154 valence electrons. The smallest absolute Gasteiger partial charge is 0.246 e. The zero-order chi connectivity index (χ0) is 21.3. The Balaban J connectivity index is 1.45. The summed E-state index contributed by atoms with van der Waals surface area (Å²) in [4.78, 5) is 30.3. The van der Waals surface area contributed by atoms with Gasteiger partial charge in [0.2, 0.25) is 11.8 Å². The van der Waals surface area contributed by atoms with Gasteiger partial charge in [0, 0.05) is 30.3 Å². The zero-order valence-electron chi connectivity index (χ0n) is 17.0. The quantitative estimate of drug-likeness (QED) is 0.651. The molecule has 3 N–H and O–H groups in total. The molecule has 3 aromatic rings. The number of hydrogen-bond acceptors (Lipinski definition) is 5. The average molecular weight is 404 g/mol. The first-order valence-electron chi connectivity index (χ1n) is 9.88. The number of furan rings is 1. The minimum Gasteiger partial charge on any atom is -0.459 e. The number of fused-ring (bicyclic) bond motifs is 2. The summed E-state index contributed by atoms with van der Waals surface area (Å²) in [5, 5.41) is 3.80. The largest absolute Gasteiger partial charge is 0.459 e. The molecule has 0 spiro atoms. The van der Waals surface area contributed by atoms with Crippen LogP contribution in [0.5, 0.6) is 0 Å². The highest BCUT2D eigenvalue weighted by atomic mass is 16.3. The van der Waals surface area contributed by atoms with Crippen LogP contribution in [0.2, 0.25) is 0 Å². The van der Waals surface area contributed by atoms with Crippen LogP contribution in [0.15, 0.2) is 47.0 Å². The maximum Gasteiger partial charge on any atom is 0.246 e. The van der Waals surface area contributed by atoms with Crippen molar-refractivity contribution in [1.82, 2.24) is 9.88 Å². The van der Waals surface area contributed by atoms with Gasteiger partial charge in [-0.15, -0.1) is 0 Å². The number of benzene rings is 1. The van der Waals surface area contributed by atoms with E-state index in [-0.39, 0.29) is 11.8 Å². The number of pyridine rings is 1. The second-order valence-corrected chi connectivity index (χ2v) is 7.58. The first kappa shape index (κ1) is 19.8. The minimum atomic E-state index is -0.532. The van der Waals surface area contributed by atoms with Crippen LogP contribution in [0.3, 0.4) is 0 Å². The molecule has 2 aromatic heterocycles. The Morgan fingerprint density at radius 2 is 2.20 bits per heavy atom. The third kappa shape index (κ3) is 3.97. The molecule has 0 saturated heterocycles. The Morgan fingerprint density at radius 1 is 1.40 bits per heavy atom. The molecule has 1 aromatic carbocycles. The van der Waals surface area contributed by atoms with Gasteiger partial charge in [0.1, 0.15) is 17.2 Å². The molecule has 1 aliphatic rings.